The molecule has 0 unspecified atom stereocenters. The number of para-hydroxylation sites is 2. The zero-order chi connectivity index (χ0) is 26.2. The van der Waals surface area contributed by atoms with Crippen molar-refractivity contribution in [3.63, 3.8) is 0 Å². The lowest BCUT2D eigenvalue weighted by Gasteiger charge is -2.13. The molecule has 40 heavy (non-hydrogen) atoms. The number of rotatable bonds is 2. The average molecular weight is 510 g/mol. The normalized spacial score (nSPS) is 12.0. The molecule has 3 aromatic heterocycles. The van der Waals surface area contributed by atoms with E-state index in [1.165, 1.54) is 70.8 Å². The van der Waals surface area contributed by atoms with E-state index in [1.807, 2.05) is 18.5 Å². The van der Waals surface area contributed by atoms with Crippen molar-refractivity contribution in [2.24, 2.45) is 0 Å². The van der Waals surface area contributed by atoms with Gasteiger partial charge in [-0.2, -0.15) is 0 Å². The monoisotopic (exact) mass is 509 g/mol. The van der Waals surface area contributed by atoms with Gasteiger partial charge in [0.15, 0.2) is 0 Å². The van der Waals surface area contributed by atoms with Crippen LogP contribution < -0.4 is 0 Å². The molecule has 0 fully saturated rings. The van der Waals surface area contributed by atoms with Crippen LogP contribution >= 0.6 is 0 Å². The fraction of sp³-hybridized carbons (Fsp3) is 0. The number of hydrogen-bond acceptors (Lipinski definition) is 1. The zero-order valence-corrected chi connectivity index (χ0v) is 21.6. The average Bonchev–Trinajstić information content (AvgIpc) is 3.56. The molecule has 0 atom stereocenters. The Kier molecular flexibility index (Phi) is 4.33. The molecular weight excluding hydrogens is 486 g/mol. The minimum absolute atomic E-state index is 1.07. The quantitative estimate of drug-likeness (QED) is 0.227. The van der Waals surface area contributed by atoms with Crippen molar-refractivity contribution in [2.45, 2.75) is 0 Å². The highest BCUT2D eigenvalue weighted by Gasteiger charge is 2.24. The lowest BCUT2D eigenvalue weighted by molar-refractivity contribution is 1.14. The van der Waals surface area contributed by atoms with E-state index in [0.29, 0.717) is 0 Å². The van der Waals surface area contributed by atoms with Gasteiger partial charge in [0, 0.05) is 49.6 Å². The molecule has 0 N–H and O–H groups in total. The summed E-state index contributed by atoms with van der Waals surface area (Å²) < 4.78 is 4.89. The fourth-order valence-corrected chi connectivity index (χ4v) is 6.79. The summed E-state index contributed by atoms with van der Waals surface area (Å²) >= 11 is 0. The minimum Gasteiger partial charge on any atom is -0.308 e. The van der Waals surface area contributed by atoms with Gasteiger partial charge >= 0.3 is 0 Å². The number of aromatic nitrogens is 3. The highest BCUT2D eigenvalue weighted by molar-refractivity contribution is 6.38. The lowest BCUT2D eigenvalue weighted by atomic mass is 9.98. The fourth-order valence-electron chi connectivity index (χ4n) is 6.79. The van der Waals surface area contributed by atoms with Crippen LogP contribution in [0.5, 0.6) is 0 Å². The first-order chi connectivity index (χ1) is 19.9. The Morgan fingerprint density at radius 3 is 1.80 bits per heavy atom. The van der Waals surface area contributed by atoms with Crippen LogP contribution in [-0.4, -0.2) is 14.1 Å². The molecule has 3 heterocycles. The Labute approximate surface area is 230 Å². The molecule has 0 aliphatic rings. The molecule has 186 valence electrons. The Hall–Kier alpha value is -5.41. The van der Waals surface area contributed by atoms with Crippen LogP contribution in [0.2, 0.25) is 0 Å². The summed E-state index contributed by atoms with van der Waals surface area (Å²) in [5.74, 6) is 0. The first kappa shape index (κ1) is 21.5. The summed E-state index contributed by atoms with van der Waals surface area (Å²) in [5.41, 5.74) is 7.13. The topological polar surface area (TPSA) is 22.8 Å². The molecule has 3 nitrogen and oxygen atoms in total. The second-order valence-corrected chi connectivity index (χ2v) is 10.4. The third kappa shape index (κ3) is 2.76. The van der Waals surface area contributed by atoms with Gasteiger partial charge in [0.05, 0.1) is 34.0 Å². The van der Waals surface area contributed by atoms with E-state index in [2.05, 4.69) is 135 Å². The van der Waals surface area contributed by atoms with E-state index in [4.69, 9.17) is 0 Å². The SMILES string of the molecule is c1ccc(-n2c3c4ccccc4ccc3c3c4c5ccccc5n(-c5cccnc5)c4c4ccccc4c32)cc1. The van der Waals surface area contributed by atoms with E-state index in [9.17, 15) is 0 Å². The van der Waals surface area contributed by atoms with Gasteiger partial charge in [0.2, 0.25) is 0 Å². The van der Waals surface area contributed by atoms with Crippen LogP contribution in [0.4, 0.5) is 0 Å². The lowest BCUT2D eigenvalue weighted by Crippen LogP contribution is -1.97. The Morgan fingerprint density at radius 1 is 0.400 bits per heavy atom. The van der Waals surface area contributed by atoms with Crippen molar-refractivity contribution < 1.29 is 0 Å². The van der Waals surface area contributed by atoms with E-state index >= 15 is 0 Å². The van der Waals surface area contributed by atoms with Crippen LogP contribution in [0.25, 0.3) is 76.5 Å². The van der Waals surface area contributed by atoms with Gasteiger partial charge in [-0.3, -0.25) is 4.98 Å². The summed E-state index contributed by atoms with van der Waals surface area (Å²) in [6, 6.07) is 46.0. The van der Waals surface area contributed by atoms with Crippen LogP contribution in [0.15, 0.2) is 140 Å². The molecule has 6 aromatic carbocycles. The molecule has 0 saturated carbocycles. The molecule has 0 aliphatic heterocycles. The molecule has 9 rings (SSSR count). The number of pyridine rings is 1. The Bertz CT molecular complexity index is 2410. The Morgan fingerprint density at radius 2 is 1.02 bits per heavy atom. The Balaban J connectivity index is 1.67. The molecular formula is C37H23N3. The van der Waals surface area contributed by atoms with E-state index in [1.54, 1.807) is 0 Å². The van der Waals surface area contributed by atoms with Crippen molar-refractivity contribution in [3.05, 3.63) is 140 Å². The molecule has 0 bridgehead atoms. The third-order valence-electron chi connectivity index (χ3n) is 8.33. The summed E-state index contributed by atoms with van der Waals surface area (Å²) in [4.78, 5) is 4.50. The summed E-state index contributed by atoms with van der Waals surface area (Å²) in [7, 11) is 0. The first-order valence-corrected chi connectivity index (χ1v) is 13.7. The number of hydrogen-bond donors (Lipinski definition) is 0. The van der Waals surface area contributed by atoms with Gasteiger partial charge in [-0.15, -0.1) is 0 Å². The van der Waals surface area contributed by atoms with Crippen molar-refractivity contribution in [1.82, 2.24) is 14.1 Å². The van der Waals surface area contributed by atoms with Crippen molar-refractivity contribution in [3.8, 4) is 11.4 Å². The smallest absolute Gasteiger partial charge is 0.0645 e. The van der Waals surface area contributed by atoms with Crippen LogP contribution in [-0.2, 0) is 0 Å². The maximum absolute atomic E-state index is 4.50. The van der Waals surface area contributed by atoms with E-state index in [0.717, 1.165) is 5.69 Å². The van der Waals surface area contributed by atoms with E-state index < -0.39 is 0 Å². The van der Waals surface area contributed by atoms with Gasteiger partial charge in [-0.1, -0.05) is 97.1 Å². The minimum atomic E-state index is 1.07. The predicted octanol–water partition coefficient (Wildman–Crippen LogP) is 9.58. The van der Waals surface area contributed by atoms with Gasteiger partial charge in [-0.05, 0) is 35.7 Å². The van der Waals surface area contributed by atoms with Crippen LogP contribution in [0.3, 0.4) is 0 Å². The first-order valence-electron chi connectivity index (χ1n) is 13.7. The predicted molar refractivity (Wildman–Crippen MR) is 168 cm³/mol. The summed E-state index contributed by atoms with van der Waals surface area (Å²) in [5, 5.41) is 10.1. The highest BCUT2D eigenvalue weighted by atomic mass is 15.0. The van der Waals surface area contributed by atoms with Gasteiger partial charge < -0.3 is 9.13 Å². The third-order valence-corrected chi connectivity index (χ3v) is 8.33. The maximum Gasteiger partial charge on any atom is 0.0645 e. The van der Waals surface area contributed by atoms with Crippen molar-refractivity contribution >= 4 is 65.2 Å². The van der Waals surface area contributed by atoms with Crippen LogP contribution in [0, 0.1) is 0 Å². The van der Waals surface area contributed by atoms with Crippen molar-refractivity contribution in [2.75, 3.05) is 0 Å². The van der Waals surface area contributed by atoms with Gasteiger partial charge in [0.1, 0.15) is 0 Å². The summed E-state index contributed by atoms with van der Waals surface area (Å²) in [6.45, 7) is 0. The number of nitrogens with zero attached hydrogens (tertiary/aromatic N) is 3. The van der Waals surface area contributed by atoms with Gasteiger partial charge in [0.25, 0.3) is 0 Å². The number of benzene rings is 6. The van der Waals surface area contributed by atoms with Crippen LogP contribution in [0.1, 0.15) is 0 Å². The standard InChI is InChI=1S/C37H23N3/c1-2-12-25(13-3-1)40-35-27-15-5-4-11-24(27)20-21-31(35)34-33-30-18-8-9-19-32(30)39(26-14-10-22-38-23-26)36(33)28-16-6-7-17-29(28)37(34)40/h1-23H. The van der Waals surface area contributed by atoms with Crippen molar-refractivity contribution in [1.29, 1.82) is 0 Å². The zero-order valence-electron chi connectivity index (χ0n) is 21.6. The molecule has 0 aliphatic carbocycles. The molecule has 0 amide bonds. The molecule has 0 saturated heterocycles. The van der Waals surface area contributed by atoms with E-state index in [-0.39, 0.29) is 0 Å². The maximum atomic E-state index is 4.50. The molecule has 9 aromatic rings. The van der Waals surface area contributed by atoms with Gasteiger partial charge in [-0.25, -0.2) is 0 Å². The second kappa shape index (κ2) is 8.05. The molecule has 0 radical (unpaired) electrons. The molecule has 3 heteroatoms. The highest BCUT2D eigenvalue weighted by Crippen LogP contribution is 2.47. The second-order valence-electron chi connectivity index (χ2n) is 10.4. The molecule has 0 spiro atoms. The number of fused-ring (bicyclic) bond motifs is 12. The largest absolute Gasteiger partial charge is 0.308 e. The summed E-state index contributed by atoms with van der Waals surface area (Å²) in [6.07, 6.45) is 3.80.